The molecule has 14 heavy (non-hydrogen) atoms. The van der Waals surface area contributed by atoms with Gasteiger partial charge in [-0.2, -0.15) is 0 Å². The summed E-state index contributed by atoms with van der Waals surface area (Å²) >= 11 is 2.17. The number of hydrogen-bond donors (Lipinski definition) is 0. The molecule has 0 aromatic heterocycles. The normalized spacial score (nSPS) is 33.5. The van der Waals surface area contributed by atoms with Crippen molar-refractivity contribution in [2.24, 2.45) is 5.92 Å². The van der Waals surface area contributed by atoms with Crippen molar-refractivity contribution in [1.82, 2.24) is 0 Å². The molecule has 0 saturated carbocycles. The molecule has 3 atom stereocenters. The zero-order valence-corrected chi connectivity index (χ0v) is 11.7. The first kappa shape index (κ1) is 12.7. The predicted octanol–water partition coefficient (Wildman–Crippen LogP) is 1.65. The predicted molar refractivity (Wildman–Crippen MR) is 65.6 cm³/mol. The maximum Gasteiger partial charge on any atom is 0.154 e. The molecule has 0 N–H and O–H groups in total. The zero-order valence-electron chi connectivity index (χ0n) is 8.73. The summed E-state index contributed by atoms with van der Waals surface area (Å²) in [4.78, 5) is 0. The molecule has 1 heterocycles. The lowest BCUT2D eigenvalue weighted by Gasteiger charge is -2.22. The van der Waals surface area contributed by atoms with Crippen molar-refractivity contribution in [2.45, 2.75) is 36.9 Å². The van der Waals surface area contributed by atoms with Crippen LogP contribution >= 0.6 is 22.6 Å². The lowest BCUT2D eigenvalue weighted by Crippen LogP contribution is -2.29. The molecule has 84 valence electrons. The molecule has 0 bridgehead atoms. The van der Waals surface area contributed by atoms with Gasteiger partial charge in [-0.3, -0.25) is 0 Å². The van der Waals surface area contributed by atoms with Crippen molar-refractivity contribution in [3.63, 3.8) is 0 Å². The molecule has 0 spiro atoms. The van der Waals surface area contributed by atoms with E-state index < -0.39 is 9.84 Å². The van der Waals surface area contributed by atoms with Crippen LogP contribution in [0.3, 0.4) is 0 Å². The largest absolute Gasteiger partial charge is 0.373 e. The van der Waals surface area contributed by atoms with Gasteiger partial charge in [0.2, 0.25) is 0 Å². The third-order valence-corrected chi connectivity index (χ3v) is 6.11. The summed E-state index contributed by atoms with van der Waals surface area (Å²) in [5, 5.41) is 0. The van der Waals surface area contributed by atoms with E-state index in [0.29, 0.717) is 5.92 Å². The van der Waals surface area contributed by atoms with Crippen LogP contribution in [0.2, 0.25) is 0 Å². The van der Waals surface area contributed by atoms with Gasteiger partial charge in [-0.05, 0) is 12.8 Å². The van der Waals surface area contributed by atoms with Gasteiger partial charge in [0, 0.05) is 0 Å². The average Bonchev–Trinajstić information content (AvgIpc) is 2.24. The van der Waals surface area contributed by atoms with Gasteiger partial charge in [-0.15, -0.1) is 0 Å². The molecule has 0 radical (unpaired) electrons. The number of halogens is 1. The molecule has 3 unspecified atom stereocenters. The summed E-state index contributed by atoms with van der Waals surface area (Å²) in [6, 6.07) is 0. The molecule has 0 aromatic rings. The average molecular weight is 332 g/mol. The minimum atomic E-state index is -2.85. The summed E-state index contributed by atoms with van der Waals surface area (Å²) in [7, 11) is -2.85. The second kappa shape index (κ2) is 4.65. The summed E-state index contributed by atoms with van der Waals surface area (Å²) in [6.45, 7) is 6.16. The maximum atomic E-state index is 11.3. The Hall–Kier alpha value is 0.640. The van der Waals surface area contributed by atoms with Crippen LogP contribution in [-0.4, -0.2) is 36.1 Å². The Morgan fingerprint density at radius 1 is 1.29 bits per heavy atom. The number of sulfone groups is 1. The SMILES string of the molecule is CC(C)C(C)OC1CS(=O)(=O)CC1I. The Bertz CT molecular complexity index is 286. The van der Waals surface area contributed by atoms with E-state index in [2.05, 4.69) is 36.4 Å². The second-order valence-corrected chi connectivity index (χ2v) is 7.97. The van der Waals surface area contributed by atoms with Crippen LogP contribution in [0.4, 0.5) is 0 Å². The van der Waals surface area contributed by atoms with E-state index in [0.717, 1.165) is 0 Å². The Kier molecular flexibility index (Phi) is 4.22. The third kappa shape index (κ3) is 3.34. The zero-order chi connectivity index (χ0) is 10.9. The maximum absolute atomic E-state index is 11.3. The first-order valence-electron chi connectivity index (χ1n) is 4.82. The highest BCUT2D eigenvalue weighted by Gasteiger charge is 2.37. The van der Waals surface area contributed by atoms with E-state index >= 15 is 0 Å². The van der Waals surface area contributed by atoms with Gasteiger partial charge in [-0.25, -0.2) is 8.42 Å². The van der Waals surface area contributed by atoms with Crippen molar-refractivity contribution in [3.8, 4) is 0 Å². The summed E-state index contributed by atoms with van der Waals surface area (Å²) in [6.07, 6.45) is 0.0172. The molecule has 0 aromatic carbocycles. The molecule has 1 aliphatic heterocycles. The van der Waals surface area contributed by atoms with E-state index in [1.165, 1.54) is 0 Å². The van der Waals surface area contributed by atoms with Gasteiger partial charge >= 0.3 is 0 Å². The van der Waals surface area contributed by atoms with Gasteiger partial charge in [0.15, 0.2) is 9.84 Å². The molecule has 1 rings (SSSR count). The smallest absolute Gasteiger partial charge is 0.154 e. The fraction of sp³-hybridized carbons (Fsp3) is 1.00. The monoisotopic (exact) mass is 332 g/mol. The molecule has 0 amide bonds. The van der Waals surface area contributed by atoms with E-state index in [1.54, 1.807) is 0 Å². The fourth-order valence-corrected chi connectivity index (χ4v) is 5.39. The van der Waals surface area contributed by atoms with Crippen molar-refractivity contribution in [1.29, 1.82) is 0 Å². The van der Waals surface area contributed by atoms with Crippen LogP contribution in [0.25, 0.3) is 0 Å². The number of ether oxygens (including phenoxy) is 1. The highest BCUT2D eigenvalue weighted by molar-refractivity contribution is 14.1. The molecule has 1 saturated heterocycles. The molecular weight excluding hydrogens is 315 g/mol. The molecule has 1 fully saturated rings. The van der Waals surface area contributed by atoms with Crippen LogP contribution in [0, 0.1) is 5.92 Å². The van der Waals surface area contributed by atoms with E-state index in [4.69, 9.17) is 4.74 Å². The number of alkyl halides is 1. The Morgan fingerprint density at radius 2 is 1.86 bits per heavy atom. The lowest BCUT2D eigenvalue weighted by molar-refractivity contribution is -0.00746. The number of hydrogen-bond acceptors (Lipinski definition) is 3. The third-order valence-electron chi connectivity index (χ3n) is 2.56. The van der Waals surface area contributed by atoms with Crippen LogP contribution < -0.4 is 0 Å². The highest BCUT2D eigenvalue weighted by atomic mass is 127. The fourth-order valence-electron chi connectivity index (χ4n) is 1.33. The molecular formula is C9H17IO3S. The second-order valence-electron chi connectivity index (χ2n) is 4.22. The minimum Gasteiger partial charge on any atom is -0.373 e. The molecule has 0 aliphatic carbocycles. The lowest BCUT2D eigenvalue weighted by atomic mass is 10.1. The highest BCUT2D eigenvalue weighted by Crippen LogP contribution is 2.25. The summed E-state index contributed by atoms with van der Waals surface area (Å²) < 4.78 is 28.5. The molecule has 5 heteroatoms. The van der Waals surface area contributed by atoms with Crippen molar-refractivity contribution < 1.29 is 13.2 Å². The van der Waals surface area contributed by atoms with Crippen molar-refractivity contribution >= 4 is 32.4 Å². The van der Waals surface area contributed by atoms with Crippen molar-refractivity contribution in [2.75, 3.05) is 11.5 Å². The van der Waals surface area contributed by atoms with Crippen LogP contribution in [0.5, 0.6) is 0 Å². The summed E-state index contributed by atoms with van der Waals surface area (Å²) in [5.74, 6) is 0.891. The van der Waals surface area contributed by atoms with E-state index in [1.807, 2.05) is 6.92 Å². The van der Waals surface area contributed by atoms with Crippen molar-refractivity contribution in [3.05, 3.63) is 0 Å². The number of rotatable bonds is 3. The Balaban J connectivity index is 2.55. The molecule has 1 aliphatic rings. The van der Waals surface area contributed by atoms with E-state index in [-0.39, 0.29) is 27.6 Å². The van der Waals surface area contributed by atoms with Gasteiger partial charge in [-0.1, -0.05) is 36.4 Å². The summed E-state index contributed by atoms with van der Waals surface area (Å²) in [5.41, 5.74) is 0. The van der Waals surface area contributed by atoms with Gasteiger partial charge in [0.1, 0.15) is 0 Å². The quantitative estimate of drug-likeness (QED) is 0.583. The Morgan fingerprint density at radius 3 is 2.21 bits per heavy atom. The minimum absolute atomic E-state index is 0.110. The Labute approximate surface area is 99.7 Å². The standard InChI is InChI=1S/C9H17IO3S/c1-6(2)7(3)13-9-5-14(11,12)4-8(9)10/h6-9H,4-5H2,1-3H3. The van der Waals surface area contributed by atoms with Crippen LogP contribution in [-0.2, 0) is 14.6 Å². The van der Waals surface area contributed by atoms with E-state index in [9.17, 15) is 8.42 Å². The van der Waals surface area contributed by atoms with Gasteiger partial charge in [0.05, 0.1) is 27.6 Å². The molecule has 3 nitrogen and oxygen atoms in total. The van der Waals surface area contributed by atoms with Crippen LogP contribution in [0.1, 0.15) is 20.8 Å². The first-order chi connectivity index (χ1) is 6.32. The van der Waals surface area contributed by atoms with Crippen LogP contribution in [0.15, 0.2) is 0 Å². The topological polar surface area (TPSA) is 43.4 Å². The van der Waals surface area contributed by atoms with Gasteiger partial charge in [0.25, 0.3) is 0 Å². The first-order valence-corrected chi connectivity index (χ1v) is 7.88. The van der Waals surface area contributed by atoms with Gasteiger partial charge < -0.3 is 4.74 Å².